The molecule has 1 saturated heterocycles. The maximum Gasteiger partial charge on any atom is 0.243 e. The van der Waals surface area contributed by atoms with Crippen LogP contribution in [-0.4, -0.2) is 32.4 Å². The molecule has 1 aromatic carbocycles. The molecule has 1 fully saturated rings. The van der Waals surface area contributed by atoms with Gasteiger partial charge in [-0.3, -0.25) is 0 Å². The van der Waals surface area contributed by atoms with Gasteiger partial charge in [0.2, 0.25) is 10.0 Å². The molecule has 0 bridgehead atoms. The van der Waals surface area contributed by atoms with Crippen molar-refractivity contribution in [1.29, 1.82) is 0 Å². The van der Waals surface area contributed by atoms with Gasteiger partial charge in [0.25, 0.3) is 0 Å². The quantitative estimate of drug-likeness (QED) is 0.898. The van der Waals surface area contributed by atoms with Crippen LogP contribution >= 0.6 is 0 Å². The standard InChI is InChI=1S/C13H20N2O2S/c1-10-3-4-11(2)13(7-10)18(16,17)15-6-5-12(8-14)9-15/h3-4,7,12H,5-6,8-9,14H2,1-2H3. The molecule has 0 radical (unpaired) electrons. The molecule has 1 aliphatic rings. The fraction of sp³-hybridized carbons (Fsp3) is 0.538. The van der Waals surface area contributed by atoms with Crippen LogP contribution in [0.3, 0.4) is 0 Å². The fourth-order valence-electron chi connectivity index (χ4n) is 2.33. The number of rotatable bonds is 3. The highest BCUT2D eigenvalue weighted by molar-refractivity contribution is 7.89. The summed E-state index contributed by atoms with van der Waals surface area (Å²) in [4.78, 5) is 0.431. The lowest BCUT2D eigenvalue weighted by molar-refractivity contribution is 0.458. The van der Waals surface area contributed by atoms with Crippen LogP contribution in [0.25, 0.3) is 0 Å². The summed E-state index contributed by atoms with van der Waals surface area (Å²) in [5.74, 6) is 0.296. The third-order valence-corrected chi connectivity index (χ3v) is 5.55. The smallest absolute Gasteiger partial charge is 0.243 e. The zero-order chi connectivity index (χ0) is 13.3. The molecule has 1 atom stereocenters. The van der Waals surface area contributed by atoms with Crippen molar-refractivity contribution in [3.8, 4) is 0 Å². The first-order chi connectivity index (χ1) is 8.45. The van der Waals surface area contributed by atoms with E-state index in [2.05, 4.69) is 0 Å². The average Bonchev–Trinajstić information content (AvgIpc) is 2.81. The van der Waals surface area contributed by atoms with E-state index in [1.165, 1.54) is 0 Å². The van der Waals surface area contributed by atoms with Crippen LogP contribution in [0.15, 0.2) is 23.1 Å². The van der Waals surface area contributed by atoms with Gasteiger partial charge in [0.15, 0.2) is 0 Å². The first-order valence-electron chi connectivity index (χ1n) is 6.22. The summed E-state index contributed by atoms with van der Waals surface area (Å²) < 4.78 is 26.7. The van der Waals surface area contributed by atoms with Crippen molar-refractivity contribution in [2.24, 2.45) is 11.7 Å². The molecule has 2 N–H and O–H groups in total. The predicted octanol–water partition coefficient (Wildman–Crippen LogP) is 1.27. The summed E-state index contributed by atoms with van der Waals surface area (Å²) in [6.45, 7) is 5.43. The molecule has 2 rings (SSSR count). The van der Waals surface area contributed by atoms with Crippen molar-refractivity contribution >= 4 is 10.0 Å². The number of hydrogen-bond acceptors (Lipinski definition) is 3. The van der Waals surface area contributed by atoms with Crippen LogP contribution in [0, 0.1) is 19.8 Å². The Kier molecular flexibility index (Phi) is 3.75. The first-order valence-corrected chi connectivity index (χ1v) is 7.66. The van der Waals surface area contributed by atoms with Crippen molar-refractivity contribution in [1.82, 2.24) is 4.31 Å². The Hall–Kier alpha value is -0.910. The third-order valence-electron chi connectivity index (χ3n) is 3.54. The summed E-state index contributed by atoms with van der Waals surface area (Å²) in [6, 6.07) is 5.54. The van der Waals surface area contributed by atoms with Crippen LogP contribution in [0.4, 0.5) is 0 Å². The van der Waals surface area contributed by atoms with E-state index in [0.717, 1.165) is 17.5 Å². The summed E-state index contributed by atoms with van der Waals surface area (Å²) >= 11 is 0. The van der Waals surface area contributed by atoms with E-state index >= 15 is 0 Å². The maximum atomic E-state index is 12.6. The molecule has 0 spiro atoms. The van der Waals surface area contributed by atoms with Crippen molar-refractivity contribution < 1.29 is 8.42 Å². The van der Waals surface area contributed by atoms with Crippen LogP contribution in [-0.2, 0) is 10.0 Å². The highest BCUT2D eigenvalue weighted by Gasteiger charge is 2.32. The van der Waals surface area contributed by atoms with Gasteiger partial charge >= 0.3 is 0 Å². The van der Waals surface area contributed by atoms with E-state index in [4.69, 9.17) is 5.73 Å². The predicted molar refractivity (Wildman–Crippen MR) is 71.8 cm³/mol. The third kappa shape index (κ3) is 2.43. The second-order valence-corrected chi connectivity index (χ2v) is 6.93. The van der Waals surface area contributed by atoms with Crippen molar-refractivity contribution in [2.45, 2.75) is 25.2 Å². The van der Waals surface area contributed by atoms with E-state index in [-0.39, 0.29) is 0 Å². The molecule has 1 aromatic rings. The van der Waals surface area contributed by atoms with Gasteiger partial charge in [-0.25, -0.2) is 8.42 Å². The van der Waals surface area contributed by atoms with Gasteiger partial charge in [0, 0.05) is 13.1 Å². The molecule has 5 heteroatoms. The minimum absolute atomic E-state index is 0.296. The fourth-order valence-corrected chi connectivity index (χ4v) is 4.17. The van der Waals surface area contributed by atoms with E-state index < -0.39 is 10.0 Å². The minimum Gasteiger partial charge on any atom is -0.330 e. The molecule has 1 aliphatic heterocycles. The normalized spacial score (nSPS) is 21.4. The molecule has 0 amide bonds. The van der Waals surface area contributed by atoms with Gasteiger partial charge in [0.05, 0.1) is 4.90 Å². The van der Waals surface area contributed by atoms with E-state index in [0.29, 0.717) is 30.4 Å². The van der Waals surface area contributed by atoms with Crippen LogP contribution in [0.5, 0.6) is 0 Å². The molecule has 18 heavy (non-hydrogen) atoms. The minimum atomic E-state index is -3.36. The van der Waals surface area contributed by atoms with Gasteiger partial charge in [-0.1, -0.05) is 12.1 Å². The number of hydrogen-bond donors (Lipinski definition) is 1. The second kappa shape index (κ2) is 4.99. The van der Waals surface area contributed by atoms with E-state index in [1.54, 1.807) is 10.4 Å². The molecule has 1 heterocycles. The second-order valence-electron chi connectivity index (χ2n) is 5.02. The first kappa shape index (κ1) is 13.5. The summed E-state index contributed by atoms with van der Waals surface area (Å²) in [5.41, 5.74) is 7.38. The lowest BCUT2D eigenvalue weighted by Gasteiger charge is -2.18. The Bertz CT molecular complexity index is 540. The molecular formula is C13H20N2O2S. The number of nitrogens with zero attached hydrogens (tertiary/aromatic N) is 1. The topological polar surface area (TPSA) is 63.4 Å². The highest BCUT2D eigenvalue weighted by atomic mass is 32.2. The van der Waals surface area contributed by atoms with Crippen LogP contribution in [0.2, 0.25) is 0 Å². The summed E-state index contributed by atoms with van der Waals surface area (Å²) in [7, 11) is -3.36. The lowest BCUT2D eigenvalue weighted by atomic mass is 10.1. The van der Waals surface area contributed by atoms with Crippen molar-refractivity contribution in [3.05, 3.63) is 29.3 Å². The highest BCUT2D eigenvalue weighted by Crippen LogP contribution is 2.26. The Morgan fingerprint density at radius 1 is 1.39 bits per heavy atom. The maximum absolute atomic E-state index is 12.6. The molecule has 100 valence electrons. The summed E-state index contributed by atoms with van der Waals surface area (Å²) in [5, 5.41) is 0. The largest absolute Gasteiger partial charge is 0.330 e. The van der Waals surface area contributed by atoms with Crippen molar-refractivity contribution in [2.75, 3.05) is 19.6 Å². The number of aryl methyl sites for hydroxylation is 2. The van der Waals surface area contributed by atoms with Crippen LogP contribution in [0.1, 0.15) is 17.5 Å². The zero-order valence-electron chi connectivity index (χ0n) is 10.9. The Morgan fingerprint density at radius 2 is 2.11 bits per heavy atom. The number of benzene rings is 1. The Balaban J connectivity index is 2.34. The SMILES string of the molecule is Cc1ccc(C)c(S(=O)(=O)N2CCC(CN)C2)c1. The molecule has 0 aromatic heterocycles. The lowest BCUT2D eigenvalue weighted by Crippen LogP contribution is -2.30. The Morgan fingerprint density at radius 3 is 2.72 bits per heavy atom. The number of nitrogens with two attached hydrogens (primary N) is 1. The van der Waals surface area contributed by atoms with Gasteiger partial charge in [0.1, 0.15) is 0 Å². The average molecular weight is 268 g/mol. The van der Waals surface area contributed by atoms with Gasteiger partial charge in [-0.2, -0.15) is 4.31 Å². The molecule has 1 unspecified atom stereocenters. The van der Waals surface area contributed by atoms with Gasteiger partial charge in [-0.15, -0.1) is 0 Å². The van der Waals surface area contributed by atoms with Crippen LogP contribution < -0.4 is 5.73 Å². The van der Waals surface area contributed by atoms with E-state index in [1.807, 2.05) is 26.0 Å². The molecule has 0 aliphatic carbocycles. The Labute approximate surface area is 109 Å². The number of sulfonamides is 1. The molecule has 0 saturated carbocycles. The van der Waals surface area contributed by atoms with Gasteiger partial charge in [-0.05, 0) is 49.9 Å². The summed E-state index contributed by atoms with van der Waals surface area (Å²) in [6.07, 6.45) is 0.862. The van der Waals surface area contributed by atoms with E-state index in [9.17, 15) is 8.42 Å². The molecular weight excluding hydrogens is 248 g/mol. The van der Waals surface area contributed by atoms with Crippen molar-refractivity contribution in [3.63, 3.8) is 0 Å². The molecule has 4 nitrogen and oxygen atoms in total. The van der Waals surface area contributed by atoms with Gasteiger partial charge < -0.3 is 5.73 Å². The monoisotopic (exact) mass is 268 g/mol. The zero-order valence-corrected chi connectivity index (χ0v) is 11.7.